The maximum absolute atomic E-state index is 13.0. The zero-order valence-electron chi connectivity index (χ0n) is 13.8. The van der Waals surface area contributed by atoms with Gasteiger partial charge in [0, 0.05) is 6.20 Å². The van der Waals surface area contributed by atoms with Gasteiger partial charge in [-0.15, -0.1) is 0 Å². The number of nitrogens with zero attached hydrogens (tertiary/aromatic N) is 1. The van der Waals surface area contributed by atoms with Gasteiger partial charge in [0.2, 0.25) is 15.9 Å². The van der Waals surface area contributed by atoms with Crippen molar-refractivity contribution in [3.63, 3.8) is 0 Å². The third-order valence-electron chi connectivity index (χ3n) is 3.37. The van der Waals surface area contributed by atoms with Crippen LogP contribution in [0.4, 0.5) is 19.0 Å². The highest BCUT2D eigenvalue weighted by atomic mass is 32.2. The van der Waals surface area contributed by atoms with Crippen LogP contribution in [0.1, 0.15) is 18.1 Å². The van der Waals surface area contributed by atoms with E-state index in [0.29, 0.717) is 6.07 Å². The van der Waals surface area contributed by atoms with E-state index in [2.05, 4.69) is 10.3 Å². The highest BCUT2D eigenvalue weighted by molar-refractivity contribution is 7.89. The number of sulfonamides is 1. The second-order valence-electron chi connectivity index (χ2n) is 5.54. The maximum Gasteiger partial charge on any atom is 0.417 e. The number of halogens is 3. The van der Waals surface area contributed by atoms with Crippen LogP contribution in [-0.4, -0.2) is 25.4 Å². The van der Waals surface area contributed by atoms with E-state index in [-0.39, 0.29) is 5.82 Å². The van der Waals surface area contributed by atoms with Gasteiger partial charge >= 0.3 is 6.18 Å². The Bertz CT molecular complexity index is 914. The lowest BCUT2D eigenvalue weighted by molar-refractivity contribution is -0.139. The summed E-state index contributed by atoms with van der Waals surface area (Å²) in [6.45, 7) is 3.00. The van der Waals surface area contributed by atoms with Gasteiger partial charge in [-0.25, -0.2) is 13.4 Å². The molecule has 0 aliphatic carbocycles. The minimum atomic E-state index is -4.84. The quantitative estimate of drug-likeness (QED) is 0.826. The van der Waals surface area contributed by atoms with Crippen molar-refractivity contribution in [1.82, 2.24) is 9.71 Å². The largest absolute Gasteiger partial charge is 0.417 e. The van der Waals surface area contributed by atoms with Gasteiger partial charge in [-0.1, -0.05) is 12.1 Å². The number of rotatable bonds is 5. The smallest absolute Gasteiger partial charge is 0.309 e. The van der Waals surface area contributed by atoms with E-state index in [1.807, 2.05) is 4.72 Å². The molecule has 1 atom stereocenters. The Balaban J connectivity index is 2.20. The lowest BCUT2D eigenvalue weighted by Crippen LogP contribution is -2.42. The van der Waals surface area contributed by atoms with Crippen LogP contribution in [0.3, 0.4) is 0 Å². The average Bonchev–Trinajstić information content (AvgIpc) is 2.53. The summed E-state index contributed by atoms with van der Waals surface area (Å²) in [4.78, 5) is 15.1. The molecule has 0 spiro atoms. The first-order chi connectivity index (χ1) is 12.0. The second-order valence-corrected chi connectivity index (χ2v) is 7.23. The number of alkyl halides is 3. The fourth-order valence-electron chi connectivity index (χ4n) is 2.12. The highest BCUT2D eigenvalue weighted by Crippen LogP contribution is 2.33. The van der Waals surface area contributed by atoms with Gasteiger partial charge in [-0.2, -0.15) is 17.9 Å². The van der Waals surface area contributed by atoms with Gasteiger partial charge in [0.15, 0.2) is 0 Å². The number of pyridine rings is 1. The van der Waals surface area contributed by atoms with E-state index < -0.39 is 38.6 Å². The molecule has 2 rings (SSSR count). The number of nitrogens with one attached hydrogen (secondary N) is 2. The molecule has 0 unspecified atom stereocenters. The Morgan fingerprint density at radius 1 is 1.19 bits per heavy atom. The number of hydrogen-bond donors (Lipinski definition) is 2. The molecule has 6 nitrogen and oxygen atoms in total. The Morgan fingerprint density at radius 3 is 2.46 bits per heavy atom. The molecular formula is C16H16F3N3O3S. The molecule has 2 N–H and O–H groups in total. The number of hydrogen-bond acceptors (Lipinski definition) is 4. The molecule has 2 aromatic rings. The summed E-state index contributed by atoms with van der Waals surface area (Å²) < 4.78 is 65.6. The molecule has 0 aliphatic rings. The molecular weight excluding hydrogens is 371 g/mol. The molecule has 1 aromatic carbocycles. The van der Waals surface area contributed by atoms with Gasteiger partial charge in [-0.3, -0.25) is 4.79 Å². The van der Waals surface area contributed by atoms with Crippen LogP contribution in [0.25, 0.3) is 0 Å². The predicted octanol–water partition coefficient (Wildman–Crippen LogP) is 2.71. The molecule has 0 saturated heterocycles. The van der Waals surface area contributed by atoms with E-state index in [9.17, 15) is 26.4 Å². The van der Waals surface area contributed by atoms with Crippen molar-refractivity contribution in [2.45, 2.75) is 31.0 Å². The minimum absolute atomic E-state index is 0.205. The highest BCUT2D eigenvalue weighted by Gasteiger charge is 2.37. The molecule has 0 saturated carbocycles. The van der Waals surface area contributed by atoms with Gasteiger partial charge in [-0.05, 0) is 43.7 Å². The summed E-state index contributed by atoms with van der Waals surface area (Å²) in [6.07, 6.45) is -3.39. The lowest BCUT2D eigenvalue weighted by atomic mass is 10.2. The molecule has 1 heterocycles. The van der Waals surface area contributed by atoms with Crippen LogP contribution in [-0.2, 0) is 21.0 Å². The van der Waals surface area contributed by atoms with Crippen LogP contribution in [0.15, 0.2) is 47.5 Å². The molecule has 1 aromatic heterocycles. The summed E-state index contributed by atoms with van der Waals surface area (Å²) in [6, 6.07) is 5.71. The van der Waals surface area contributed by atoms with Gasteiger partial charge in [0.25, 0.3) is 0 Å². The summed E-state index contributed by atoms with van der Waals surface area (Å²) in [7, 11) is -4.57. The molecule has 0 aliphatic heterocycles. The van der Waals surface area contributed by atoms with E-state index >= 15 is 0 Å². The third kappa shape index (κ3) is 4.79. The molecule has 26 heavy (non-hydrogen) atoms. The summed E-state index contributed by atoms with van der Waals surface area (Å²) in [5, 5.41) is 2.40. The number of carbonyl (C=O) groups excluding carboxylic acids is 1. The van der Waals surface area contributed by atoms with Crippen molar-refractivity contribution in [1.29, 1.82) is 0 Å². The normalized spacial score (nSPS) is 13.3. The van der Waals surface area contributed by atoms with Crippen LogP contribution in [0.5, 0.6) is 0 Å². The monoisotopic (exact) mass is 387 g/mol. The average molecular weight is 387 g/mol. The van der Waals surface area contributed by atoms with E-state index in [1.54, 1.807) is 19.1 Å². The van der Waals surface area contributed by atoms with Crippen LogP contribution in [0.2, 0.25) is 0 Å². The van der Waals surface area contributed by atoms with Gasteiger partial charge in [0.05, 0.1) is 16.5 Å². The van der Waals surface area contributed by atoms with E-state index in [0.717, 1.165) is 17.7 Å². The molecule has 1 amide bonds. The molecule has 140 valence electrons. The fraction of sp³-hybridized carbons (Fsp3) is 0.250. The minimum Gasteiger partial charge on any atom is -0.309 e. The zero-order chi connectivity index (χ0) is 19.5. The summed E-state index contributed by atoms with van der Waals surface area (Å²) >= 11 is 0. The molecule has 10 heteroatoms. The van der Waals surface area contributed by atoms with Gasteiger partial charge in [0.1, 0.15) is 5.82 Å². The first-order valence-corrected chi connectivity index (χ1v) is 8.91. The SMILES string of the molecule is Cc1ccnc(NC(=O)[C@H](C)NS(=O)(=O)c2ccccc2C(F)(F)F)c1. The Morgan fingerprint density at radius 2 is 1.85 bits per heavy atom. The Kier molecular flexibility index (Phi) is 5.67. The van der Waals surface area contributed by atoms with Crippen molar-refractivity contribution >= 4 is 21.7 Å². The van der Waals surface area contributed by atoms with Crippen molar-refractivity contribution < 1.29 is 26.4 Å². The second kappa shape index (κ2) is 7.42. The standard InChI is InChI=1S/C16H16F3N3O3S/c1-10-7-8-20-14(9-10)21-15(23)11(2)22-26(24,25)13-6-4-3-5-12(13)16(17,18)19/h3-9,11,22H,1-2H3,(H,20,21,23)/t11-/m0/s1. The molecule has 0 radical (unpaired) electrons. The first-order valence-electron chi connectivity index (χ1n) is 7.43. The van der Waals surface area contributed by atoms with Crippen LogP contribution in [0, 0.1) is 6.92 Å². The number of amides is 1. The number of anilines is 1. The Labute approximate surface area is 148 Å². The Hall–Kier alpha value is -2.46. The van der Waals surface area contributed by atoms with Crippen molar-refractivity contribution in [2.75, 3.05) is 5.32 Å². The lowest BCUT2D eigenvalue weighted by Gasteiger charge is -2.17. The van der Waals surface area contributed by atoms with Crippen molar-refractivity contribution in [2.24, 2.45) is 0 Å². The van der Waals surface area contributed by atoms with Gasteiger partial charge < -0.3 is 5.32 Å². The predicted molar refractivity (Wildman–Crippen MR) is 88.8 cm³/mol. The fourth-order valence-corrected chi connectivity index (χ4v) is 3.55. The summed E-state index contributed by atoms with van der Waals surface area (Å²) in [5.41, 5.74) is -0.483. The topological polar surface area (TPSA) is 88.2 Å². The van der Waals surface area contributed by atoms with E-state index in [1.165, 1.54) is 19.2 Å². The number of carbonyl (C=O) groups is 1. The van der Waals surface area contributed by atoms with Crippen LogP contribution < -0.4 is 10.0 Å². The first kappa shape index (κ1) is 19.9. The number of aryl methyl sites for hydroxylation is 1. The number of benzene rings is 1. The van der Waals surface area contributed by atoms with Crippen molar-refractivity contribution in [3.8, 4) is 0 Å². The van der Waals surface area contributed by atoms with E-state index in [4.69, 9.17) is 0 Å². The maximum atomic E-state index is 13.0. The molecule has 0 fully saturated rings. The molecule has 0 bridgehead atoms. The van der Waals surface area contributed by atoms with Crippen molar-refractivity contribution in [3.05, 3.63) is 53.7 Å². The zero-order valence-corrected chi connectivity index (χ0v) is 14.6. The van der Waals surface area contributed by atoms with Crippen LogP contribution >= 0.6 is 0 Å². The number of aromatic nitrogens is 1. The third-order valence-corrected chi connectivity index (χ3v) is 4.97. The summed E-state index contributed by atoms with van der Waals surface area (Å²) in [5.74, 6) is -0.548.